The number of nitrogens with one attached hydrogen (secondary N) is 2. The molecule has 0 aliphatic heterocycles. The molecule has 6 heteroatoms. The predicted octanol–water partition coefficient (Wildman–Crippen LogP) is 1.35. The second-order valence-electron chi connectivity index (χ2n) is 4.78. The number of hydrogen-bond acceptors (Lipinski definition) is 4. The number of rotatable bonds is 5. The van der Waals surface area contributed by atoms with Crippen molar-refractivity contribution in [3.63, 3.8) is 0 Å². The summed E-state index contributed by atoms with van der Waals surface area (Å²) in [6, 6.07) is 3.69. The lowest BCUT2D eigenvalue weighted by molar-refractivity contribution is -0.121. The number of aromatic nitrogens is 2. The molecule has 0 bridgehead atoms. The monoisotopic (exact) mass is 279 g/mol. The number of hydrogen-bond donors (Lipinski definition) is 3. The molecular formula is C13H17N3O2S. The van der Waals surface area contributed by atoms with Gasteiger partial charge in [-0.3, -0.25) is 9.89 Å². The van der Waals surface area contributed by atoms with E-state index in [1.807, 2.05) is 29.8 Å². The van der Waals surface area contributed by atoms with E-state index in [0.29, 0.717) is 5.69 Å². The maximum absolute atomic E-state index is 11.8. The minimum atomic E-state index is -1.04. The summed E-state index contributed by atoms with van der Waals surface area (Å²) in [5, 5.41) is 23.6. The summed E-state index contributed by atoms with van der Waals surface area (Å²) in [7, 11) is 0. The minimum absolute atomic E-state index is 0.151. The lowest BCUT2D eigenvalue weighted by Crippen LogP contribution is -2.39. The van der Waals surface area contributed by atoms with E-state index in [0.717, 1.165) is 11.3 Å². The van der Waals surface area contributed by atoms with Gasteiger partial charge in [0.1, 0.15) is 5.60 Å². The van der Waals surface area contributed by atoms with Crippen LogP contribution in [0.4, 0.5) is 0 Å². The fourth-order valence-electron chi connectivity index (χ4n) is 1.74. The highest BCUT2D eigenvalue weighted by Crippen LogP contribution is 2.21. The number of amides is 1. The standard InChI is InChI=1S/C13H17N3O2S/c1-9-5-11(16-15-9)6-12(17)14-8-13(2,18)10-3-4-19-7-10/h3-5,7,18H,6,8H2,1-2H3,(H,14,17)(H,15,16). The first-order valence-corrected chi connectivity index (χ1v) is 6.94. The SMILES string of the molecule is Cc1cc(CC(=O)NCC(C)(O)c2ccsc2)n[nH]1. The van der Waals surface area contributed by atoms with E-state index in [9.17, 15) is 9.90 Å². The van der Waals surface area contributed by atoms with Gasteiger partial charge in [0.2, 0.25) is 5.91 Å². The van der Waals surface area contributed by atoms with Crippen LogP contribution in [0, 0.1) is 6.92 Å². The van der Waals surface area contributed by atoms with Gasteiger partial charge >= 0.3 is 0 Å². The van der Waals surface area contributed by atoms with Crippen molar-refractivity contribution >= 4 is 17.2 Å². The Morgan fingerprint density at radius 3 is 3.00 bits per heavy atom. The van der Waals surface area contributed by atoms with Gasteiger partial charge in [-0.25, -0.2) is 0 Å². The van der Waals surface area contributed by atoms with E-state index in [-0.39, 0.29) is 18.9 Å². The molecule has 0 spiro atoms. The molecule has 2 aromatic rings. The quantitative estimate of drug-likeness (QED) is 0.773. The highest BCUT2D eigenvalue weighted by Gasteiger charge is 2.24. The molecule has 1 atom stereocenters. The first kappa shape index (κ1) is 13.8. The molecule has 19 heavy (non-hydrogen) atoms. The zero-order valence-corrected chi connectivity index (χ0v) is 11.8. The van der Waals surface area contributed by atoms with Crippen molar-refractivity contribution < 1.29 is 9.90 Å². The van der Waals surface area contributed by atoms with Gasteiger partial charge in [-0.15, -0.1) is 0 Å². The van der Waals surface area contributed by atoms with Crippen LogP contribution >= 0.6 is 11.3 Å². The predicted molar refractivity (Wildman–Crippen MR) is 73.9 cm³/mol. The molecule has 2 rings (SSSR count). The zero-order chi connectivity index (χ0) is 13.9. The smallest absolute Gasteiger partial charge is 0.226 e. The molecule has 0 saturated heterocycles. The number of carbonyl (C=O) groups is 1. The number of aromatic amines is 1. The second kappa shape index (κ2) is 5.54. The molecule has 0 aromatic carbocycles. The third-order valence-corrected chi connectivity index (χ3v) is 3.56. The molecule has 1 unspecified atom stereocenters. The van der Waals surface area contributed by atoms with Crippen molar-refractivity contribution in [2.75, 3.05) is 6.54 Å². The summed E-state index contributed by atoms with van der Waals surface area (Å²) in [6.45, 7) is 3.76. The molecule has 1 amide bonds. The van der Waals surface area contributed by atoms with Gasteiger partial charge in [0.15, 0.2) is 0 Å². The van der Waals surface area contributed by atoms with Gasteiger partial charge in [-0.1, -0.05) is 0 Å². The van der Waals surface area contributed by atoms with Crippen LogP contribution in [0.2, 0.25) is 0 Å². The normalized spacial score (nSPS) is 14.1. The van der Waals surface area contributed by atoms with E-state index in [2.05, 4.69) is 15.5 Å². The summed E-state index contributed by atoms with van der Waals surface area (Å²) in [5.41, 5.74) is 1.39. The molecule has 0 radical (unpaired) electrons. The average Bonchev–Trinajstić information content (AvgIpc) is 2.98. The number of carbonyl (C=O) groups excluding carboxylic acids is 1. The molecule has 5 nitrogen and oxygen atoms in total. The van der Waals surface area contributed by atoms with E-state index >= 15 is 0 Å². The lowest BCUT2D eigenvalue weighted by atomic mass is 9.99. The number of aliphatic hydroxyl groups is 1. The Morgan fingerprint density at radius 2 is 2.42 bits per heavy atom. The van der Waals surface area contributed by atoms with Crippen LogP contribution in [-0.2, 0) is 16.8 Å². The summed E-state index contributed by atoms with van der Waals surface area (Å²) < 4.78 is 0. The van der Waals surface area contributed by atoms with Crippen molar-refractivity contribution in [3.05, 3.63) is 39.8 Å². The molecular weight excluding hydrogens is 262 g/mol. The minimum Gasteiger partial charge on any atom is -0.384 e. The number of nitrogens with zero attached hydrogens (tertiary/aromatic N) is 1. The summed E-state index contributed by atoms with van der Waals surface area (Å²) in [5.74, 6) is -0.151. The van der Waals surface area contributed by atoms with Crippen LogP contribution in [0.15, 0.2) is 22.9 Å². The number of H-pyrrole nitrogens is 1. The topological polar surface area (TPSA) is 78.0 Å². The molecule has 3 N–H and O–H groups in total. The van der Waals surface area contributed by atoms with E-state index in [1.165, 1.54) is 11.3 Å². The molecule has 2 aromatic heterocycles. The first-order valence-electron chi connectivity index (χ1n) is 6.00. The van der Waals surface area contributed by atoms with Crippen LogP contribution in [0.3, 0.4) is 0 Å². The van der Waals surface area contributed by atoms with E-state index in [4.69, 9.17) is 0 Å². The Balaban J connectivity index is 1.87. The van der Waals surface area contributed by atoms with E-state index in [1.54, 1.807) is 6.92 Å². The fraction of sp³-hybridized carbons (Fsp3) is 0.385. The highest BCUT2D eigenvalue weighted by molar-refractivity contribution is 7.08. The fourth-order valence-corrected chi connectivity index (χ4v) is 2.52. The lowest BCUT2D eigenvalue weighted by Gasteiger charge is -2.22. The molecule has 102 valence electrons. The van der Waals surface area contributed by atoms with E-state index < -0.39 is 5.60 Å². The molecule has 0 aliphatic rings. The maximum atomic E-state index is 11.8. The third kappa shape index (κ3) is 3.65. The highest BCUT2D eigenvalue weighted by atomic mass is 32.1. The van der Waals surface area contributed by atoms with Crippen LogP contribution in [0.1, 0.15) is 23.9 Å². The van der Waals surface area contributed by atoms with Gasteiger partial charge < -0.3 is 10.4 Å². The summed E-state index contributed by atoms with van der Waals surface area (Å²) in [6.07, 6.45) is 0.212. The average molecular weight is 279 g/mol. The van der Waals surface area contributed by atoms with Crippen LogP contribution < -0.4 is 5.32 Å². The number of thiophene rings is 1. The zero-order valence-electron chi connectivity index (χ0n) is 10.9. The largest absolute Gasteiger partial charge is 0.384 e. The Hall–Kier alpha value is -1.66. The van der Waals surface area contributed by atoms with Gasteiger partial charge in [0.05, 0.1) is 18.7 Å². The van der Waals surface area contributed by atoms with Gasteiger partial charge in [-0.2, -0.15) is 16.4 Å². The van der Waals surface area contributed by atoms with Crippen molar-refractivity contribution in [2.24, 2.45) is 0 Å². The van der Waals surface area contributed by atoms with Crippen molar-refractivity contribution in [2.45, 2.75) is 25.9 Å². The van der Waals surface area contributed by atoms with Crippen molar-refractivity contribution in [1.29, 1.82) is 0 Å². The molecule has 0 fully saturated rings. The first-order chi connectivity index (χ1) is 8.97. The van der Waals surface area contributed by atoms with Crippen molar-refractivity contribution in [3.8, 4) is 0 Å². The Morgan fingerprint density at radius 1 is 1.63 bits per heavy atom. The van der Waals surface area contributed by atoms with Crippen LogP contribution in [0.25, 0.3) is 0 Å². The summed E-state index contributed by atoms with van der Waals surface area (Å²) in [4.78, 5) is 11.8. The van der Waals surface area contributed by atoms with Gasteiger partial charge in [-0.05, 0) is 42.3 Å². The van der Waals surface area contributed by atoms with Crippen molar-refractivity contribution in [1.82, 2.24) is 15.5 Å². The Labute approximate surface area is 115 Å². The Bertz CT molecular complexity index is 546. The summed E-state index contributed by atoms with van der Waals surface area (Å²) >= 11 is 1.52. The molecule has 2 heterocycles. The van der Waals surface area contributed by atoms with Crippen LogP contribution in [0.5, 0.6) is 0 Å². The number of aryl methyl sites for hydroxylation is 1. The molecule has 0 aliphatic carbocycles. The third-order valence-electron chi connectivity index (χ3n) is 2.87. The van der Waals surface area contributed by atoms with Gasteiger partial charge in [0.25, 0.3) is 0 Å². The van der Waals surface area contributed by atoms with Crippen LogP contribution in [-0.4, -0.2) is 27.8 Å². The van der Waals surface area contributed by atoms with Gasteiger partial charge in [0, 0.05) is 5.69 Å². The Kier molecular flexibility index (Phi) is 4.01. The maximum Gasteiger partial charge on any atom is 0.226 e. The molecule has 0 saturated carbocycles. The second-order valence-corrected chi connectivity index (χ2v) is 5.56.